The van der Waals surface area contributed by atoms with Crippen LogP contribution in [-0.4, -0.2) is 9.97 Å². The third-order valence-electron chi connectivity index (χ3n) is 2.84. The van der Waals surface area contributed by atoms with Gasteiger partial charge >= 0.3 is 0 Å². The zero-order chi connectivity index (χ0) is 14.1. The fourth-order valence-electron chi connectivity index (χ4n) is 1.89. The molecule has 6 heteroatoms. The summed E-state index contributed by atoms with van der Waals surface area (Å²) in [7, 11) is 0. The predicted octanol–water partition coefficient (Wildman–Crippen LogP) is 4.37. The minimum atomic E-state index is 0.647. The number of aromatic nitrogens is 2. The highest BCUT2D eigenvalue weighted by Gasteiger charge is 2.07. The standard InChI is InChI=1S/C14H10BrClN4/c15-11-3-1-8(16)5-13(11)20-14-10-6-9(17)2-4-12(10)18-7-19-14/h1-7H,17H2,(H,18,19,20). The lowest BCUT2D eigenvalue weighted by atomic mass is 10.2. The molecule has 20 heavy (non-hydrogen) atoms. The predicted molar refractivity (Wildman–Crippen MR) is 86.4 cm³/mol. The monoisotopic (exact) mass is 348 g/mol. The van der Waals surface area contributed by atoms with Gasteiger partial charge in [0.2, 0.25) is 0 Å². The number of rotatable bonds is 2. The second-order valence-corrected chi connectivity index (χ2v) is 5.54. The average molecular weight is 350 g/mol. The fraction of sp³-hybridized carbons (Fsp3) is 0. The molecule has 0 aliphatic carbocycles. The average Bonchev–Trinajstić information content (AvgIpc) is 2.43. The third kappa shape index (κ3) is 2.55. The van der Waals surface area contributed by atoms with E-state index in [-0.39, 0.29) is 0 Å². The summed E-state index contributed by atoms with van der Waals surface area (Å²) in [6, 6.07) is 11.0. The number of nitrogens with one attached hydrogen (secondary N) is 1. The van der Waals surface area contributed by atoms with E-state index in [2.05, 4.69) is 31.2 Å². The molecule has 2 aromatic carbocycles. The highest BCUT2D eigenvalue weighted by molar-refractivity contribution is 9.10. The van der Waals surface area contributed by atoms with Gasteiger partial charge < -0.3 is 11.1 Å². The lowest BCUT2D eigenvalue weighted by Gasteiger charge is -2.10. The van der Waals surface area contributed by atoms with Gasteiger partial charge in [0.15, 0.2) is 0 Å². The normalized spacial score (nSPS) is 10.7. The molecule has 0 aliphatic heterocycles. The highest BCUT2D eigenvalue weighted by atomic mass is 79.9. The van der Waals surface area contributed by atoms with Gasteiger partial charge in [-0.05, 0) is 52.3 Å². The molecule has 1 heterocycles. The molecule has 1 aromatic heterocycles. The summed E-state index contributed by atoms with van der Waals surface area (Å²) in [5.41, 5.74) is 8.16. The summed E-state index contributed by atoms with van der Waals surface area (Å²) in [4.78, 5) is 8.49. The number of hydrogen-bond donors (Lipinski definition) is 2. The zero-order valence-electron chi connectivity index (χ0n) is 10.3. The molecule has 0 aliphatic rings. The Hall–Kier alpha value is -1.85. The minimum absolute atomic E-state index is 0.647. The van der Waals surface area contributed by atoms with Crippen molar-refractivity contribution in [2.45, 2.75) is 0 Å². The van der Waals surface area contributed by atoms with E-state index >= 15 is 0 Å². The van der Waals surface area contributed by atoms with Gasteiger partial charge in [0.05, 0.1) is 11.2 Å². The van der Waals surface area contributed by atoms with Crippen LogP contribution in [0.1, 0.15) is 0 Å². The molecular formula is C14H10BrClN4. The van der Waals surface area contributed by atoms with E-state index in [0.29, 0.717) is 16.5 Å². The molecule has 0 spiro atoms. The highest BCUT2D eigenvalue weighted by Crippen LogP contribution is 2.30. The summed E-state index contributed by atoms with van der Waals surface area (Å²) in [6.45, 7) is 0. The Morgan fingerprint density at radius 2 is 1.95 bits per heavy atom. The van der Waals surface area contributed by atoms with Crippen molar-refractivity contribution in [3.05, 3.63) is 52.2 Å². The van der Waals surface area contributed by atoms with Gasteiger partial charge in [-0.1, -0.05) is 11.6 Å². The van der Waals surface area contributed by atoms with Crippen LogP contribution >= 0.6 is 27.5 Å². The van der Waals surface area contributed by atoms with Gasteiger partial charge in [-0.15, -0.1) is 0 Å². The van der Waals surface area contributed by atoms with E-state index in [9.17, 15) is 0 Å². The van der Waals surface area contributed by atoms with E-state index in [1.54, 1.807) is 0 Å². The van der Waals surface area contributed by atoms with E-state index in [0.717, 1.165) is 21.1 Å². The van der Waals surface area contributed by atoms with Crippen LogP contribution < -0.4 is 11.1 Å². The molecule has 0 unspecified atom stereocenters. The number of anilines is 3. The van der Waals surface area contributed by atoms with Crippen molar-refractivity contribution in [2.24, 2.45) is 0 Å². The van der Waals surface area contributed by atoms with Crippen molar-refractivity contribution in [3.8, 4) is 0 Å². The molecule has 3 aromatic rings. The van der Waals surface area contributed by atoms with Crippen molar-refractivity contribution in [1.82, 2.24) is 9.97 Å². The summed E-state index contributed by atoms with van der Waals surface area (Å²) >= 11 is 9.49. The van der Waals surface area contributed by atoms with Crippen molar-refractivity contribution in [1.29, 1.82) is 0 Å². The second kappa shape index (κ2) is 5.26. The maximum atomic E-state index is 6.01. The zero-order valence-corrected chi connectivity index (χ0v) is 12.6. The van der Waals surface area contributed by atoms with Gasteiger partial charge in [-0.25, -0.2) is 9.97 Å². The van der Waals surface area contributed by atoms with E-state index < -0.39 is 0 Å². The Balaban J connectivity index is 2.10. The summed E-state index contributed by atoms with van der Waals surface area (Å²) in [6.07, 6.45) is 1.51. The SMILES string of the molecule is Nc1ccc2ncnc(Nc3cc(Cl)ccc3Br)c2c1. The van der Waals surface area contributed by atoms with Gasteiger partial charge in [-0.3, -0.25) is 0 Å². The van der Waals surface area contributed by atoms with Crippen LogP contribution in [-0.2, 0) is 0 Å². The summed E-state index contributed by atoms with van der Waals surface area (Å²) < 4.78 is 0.901. The molecule has 4 nitrogen and oxygen atoms in total. The van der Waals surface area contributed by atoms with Crippen LogP contribution in [0.5, 0.6) is 0 Å². The molecule has 100 valence electrons. The van der Waals surface area contributed by atoms with Crippen LogP contribution in [0, 0.1) is 0 Å². The number of hydrogen-bond acceptors (Lipinski definition) is 4. The second-order valence-electron chi connectivity index (χ2n) is 4.25. The molecule has 3 rings (SSSR count). The molecular weight excluding hydrogens is 340 g/mol. The van der Waals surface area contributed by atoms with E-state index in [1.807, 2.05) is 36.4 Å². The molecule has 0 amide bonds. The molecule has 3 N–H and O–H groups in total. The molecule has 0 bridgehead atoms. The quantitative estimate of drug-likeness (QED) is 0.674. The first-order valence-corrected chi connectivity index (χ1v) is 7.03. The fourth-order valence-corrected chi connectivity index (χ4v) is 2.41. The first kappa shape index (κ1) is 13.1. The van der Waals surface area contributed by atoms with Crippen molar-refractivity contribution in [3.63, 3.8) is 0 Å². The van der Waals surface area contributed by atoms with Gasteiger partial charge in [0.1, 0.15) is 12.1 Å². The Kier molecular flexibility index (Phi) is 3.46. The van der Waals surface area contributed by atoms with Gasteiger partial charge in [0, 0.05) is 20.6 Å². The lowest BCUT2D eigenvalue weighted by Crippen LogP contribution is -1.97. The van der Waals surface area contributed by atoms with E-state index in [1.165, 1.54) is 6.33 Å². The Morgan fingerprint density at radius 3 is 2.80 bits per heavy atom. The smallest absolute Gasteiger partial charge is 0.141 e. The van der Waals surface area contributed by atoms with Crippen molar-refractivity contribution < 1.29 is 0 Å². The lowest BCUT2D eigenvalue weighted by molar-refractivity contribution is 1.22. The van der Waals surface area contributed by atoms with E-state index in [4.69, 9.17) is 17.3 Å². The maximum absolute atomic E-state index is 6.01. The number of fused-ring (bicyclic) bond motifs is 1. The number of nitrogens with two attached hydrogens (primary N) is 1. The Bertz CT molecular complexity index is 791. The van der Waals surface area contributed by atoms with Crippen molar-refractivity contribution in [2.75, 3.05) is 11.1 Å². The number of nitrogens with zero attached hydrogens (tertiary/aromatic N) is 2. The summed E-state index contributed by atoms with van der Waals surface area (Å²) in [5, 5.41) is 4.75. The van der Waals surface area contributed by atoms with Gasteiger partial charge in [-0.2, -0.15) is 0 Å². The third-order valence-corrected chi connectivity index (χ3v) is 3.77. The molecule has 0 radical (unpaired) electrons. The number of benzene rings is 2. The largest absolute Gasteiger partial charge is 0.399 e. The minimum Gasteiger partial charge on any atom is -0.399 e. The van der Waals surface area contributed by atoms with Crippen LogP contribution in [0.15, 0.2) is 47.2 Å². The van der Waals surface area contributed by atoms with Crippen LogP contribution in [0.3, 0.4) is 0 Å². The number of halogens is 2. The Labute approximate surface area is 129 Å². The summed E-state index contributed by atoms with van der Waals surface area (Å²) in [5.74, 6) is 0.685. The van der Waals surface area contributed by atoms with Crippen LogP contribution in [0.4, 0.5) is 17.2 Å². The molecule has 0 saturated heterocycles. The topological polar surface area (TPSA) is 63.8 Å². The van der Waals surface area contributed by atoms with Crippen molar-refractivity contribution >= 4 is 55.6 Å². The van der Waals surface area contributed by atoms with Gasteiger partial charge in [0.25, 0.3) is 0 Å². The molecule has 0 saturated carbocycles. The first-order valence-electron chi connectivity index (χ1n) is 5.86. The molecule has 0 fully saturated rings. The van der Waals surface area contributed by atoms with Crippen LogP contribution in [0.2, 0.25) is 5.02 Å². The molecule has 0 atom stereocenters. The maximum Gasteiger partial charge on any atom is 0.141 e. The number of nitrogen functional groups attached to an aromatic ring is 1. The first-order chi connectivity index (χ1) is 9.63. The van der Waals surface area contributed by atoms with Crippen LogP contribution in [0.25, 0.3) is 10.9 Å². The Morgan fingerprint density at radius 1 is 1.10 bits per heavy atom.